The van der Waals surface area contributed by atoms with Gasteiger partial charge in [-0.25, -0.2) is 9.18 Å². The second-order valence-electron chi connectivity index (χ2n) is 6.27. The Kier molecular flexibility index (Phi) is 7.61. The summed E-state index contributed by atoms with van der Waals surface area (Å²) in [6.07, 6.45) is 0. The van der Waals surface area contributed by atoms with E-state index >= 15 is 0 Å². The van der Waals surface area contributed by atoms with Crippen molar-refractivity contribution < 1.29 is 18.7 Å². The molecule has 27 heavy (non-hydrogen) atoms. The van der Waals surface area contributed by atoms with Gasteiger partial charge in [0.1, 0.15) is 18.2 Å². The number of carbonyl (C=O) groups is 2. The van der Waals surface area contributed by atoms with Crippen molar-refractivity contribution in [1.29, 1.82) is 0 Å². The van der Waals surface area contributed by atoms with Crippen LogP contribution >= 0.6 is 0 Å². The number of amides is 3. The number of rotatable bonds is 8. The minimum absolute atomic E-state index is 0.0526. The molecule has 0 aromatic heterocycles. The summed E-state index contributed by atoms with van der Waals surface area (Å²) < 4.78 is 18.7. The second-order valence-corrected chi connectivity index (χ2v) is 6.27. The number of carbonyl (C=O) groups excluding carboxylic acids is 2. The van der Waals surface area contributed by atoms with Gasteiger partial charge in [-0.3, -0.25) is 4.79 Å². The average Bonchev–Trinajstić information content (AvgIpc) is 2.63. The maximum Gasteiger partial charge on any atom is 0.319 e. The van der Waals surface area contributed by atoms with Crippen LogP contribution in [0.4, 0.5) is 14.9 Å². The third-order valence-corrected chi connectivity index (χ3v) is 3.62. The molecular weight excluding hydrogens is 349 g/mol. The standard InChI is InChI=1S/C20H24FN3O3/c1-14(2)19(25)22-9-10-23-20(26)24-17-7-3-5-15(11-17)13-27-18-8-4-6-16(21)12-18/h3-8,11-12,14H,9-10,13H2,1-2H3,(H,22,25)(H2,23,24,26). The van der Waals surface area contributed by atoms with Crippen molar-refractivity contribution in [3.8, 4) is 5.75 Å². The molecule has 0 spiro atoms. The van der Waals surface area contributed by atoms with Crippen LogP contribution in [0.25, 0.3) is 0 Å². The minimum atomic E-state index is -0.364. The summed E-state index contributed by atoms with van der Waals surface area (Å²) in [6, 6.07) is 12.7. The summed E-state index contributed by atoms with van der Waals surface area (Å²) in [5.41, 5.74) is 1.44. The van der Waals surface area contributed by atoms with Crippen LogP contribution in [-0.2, 0) is 11.4 Å². The SMILES string of the molecule is CC(C)C(=O)NCCNC(=O)Nc1cccc(COc2cccc(F)c2)c1. The number of anilines is 1. The summed E-state index contributed by atoms with van der Waals surface area (Å²) in [6.45, 7) is 4.56. The molecule has 144 valence electrons. The van der Waals surface area contributed by atoms with Gasteiger partial charge in [0.15, 0.2) is 0 Å². The zero-order valence-corrected chi connectivity index (χ0v) is 15.4. The molecule has 0 aliphatic rings. The molecule has 0 aliphatic heterocycles. The average molecular weight is 373 g/mol. The van der Waals surface area contributed by atoms with Crippen LogP contribution in [0, 0.1) is 11.7 Å². The van der Waals surface area contributed by atoms with Crippen LogP contribution in [-0.4, -0.2) is 25.0 Å². The van der Waals surface area contributed by atoms with E-state index in [9.17, 15) is 14.0 Å². The van der Waals surface area contributed by atoms with Crippen molar-refractivity contribution in [1.82, 2.24) is 10.6 Å². The van der Waals surface area contributed by atoms with Crippen LogP contribution in [0.2, 0.25) is 0 Å². The van der Waals surface area contributed by atoms with E-state index in [4.69, 9.17) is 4.74 Å². The summed E-state index contributed by atoms with van der Waals surface area (Å²) in [4.78, 5) is 23.3. The predicted molar refractivity (Wildman–Crippen MR) is 102 cm³/mol. The second kappa shape index (κ2) is 10.2. The van der Waals surface area contributed by atoms with Gasteiger partial charge >= 0.3 is 6.03 Å². The first-order valence-electron chi connectivity index (χ1n) is 8.74. The molecule has 0 bridgehead atoms. The van der Waals surface area contributed by atoms with Gasteiger partial charge in [-0.15, -0.1) is 0 Å². The maximum absolute atomic E-state index is 13.2. The predicted octanol–water partition coefficient (Wildman–Crippen LogP) is 3.30. The number of hydrogen-bond donors (Lipinski definition) is 3. The molecule has 2 aromatic carbocycles. The normalized spacial score (nSPS) is 10.4. The lowest BCUT2D eigenvalue weighted by Crippen LogP contribution is -2.38. The highest BCUT2D eigenvalue weighted by Crippen LogP contribution is 2.16. The summed E-state index contributed by atoms with van der Waals surface area (Å²) in [5, 5.41) is 8.12. The highest BCUT2D eigenvalue weighted by atomic mass is 19.1. The lowest BCUT2D eigenvalue weighted by Gasteiger charge is -2.11. The monoisotopic (exact) mass is 373 g/mol. The molecule has 0 saturated heterocycles. The number of hydrogen-bond acceptors (Lipinski definition) is 3. The molecule has 0 saturated carbocycles. The number of ether oxygens (including phenoxy) is 1. The zero-order chi connectivity index (χ0) is 19.6. The Bertz CT molecular complexity index is 781. The van der Waals surface area contributed by atoms with Crippen molar-refractivity contribution in [3.05, 3.63) is 59.9 Å². The lowest BCUT2D eigenvalue weighted by atomic mass is 10.2. The fourth-order valence-corrected chi connectivity index (χ4v) is 2.20. The molecule has 0 radical (unpaired) electrons. The van der Waals surface area contributed by atoms with Crippen LogP contribution in [0.3, 0.4) is 0 Å². The van der Waals surface area contributed by atoms with Crippen molar-refractivity contribution in [2.24, 2.45) is 5.92 Å². The van der Waals surface area contributed by atoms with Gasteiger partial charge in [-0.2, -0.15) is 0 Å². The van der Waals surface area contributed by atoms with E-state index in [1.54, 1.807) is 44.2 Å². The molecule has 6 nitrogen and oxygen atoms in total. The van der Waals surface area contributed by atoms with E-state index < -0.39 is 0 Å². The molecule has 7 heteroatoms. The van der Waals surface area contributed by atoms with Crippen molar-refractivity contribution in [2.75, 3.05) is 18.4 Å². The van der Waals surface area contributed by atoms with Crippen LogP contribution in [0.15, 0.2) is 48.5 Å². The smallest absolute Gasteiger partial charge is 0.319 e. The summed E-state index contributed by atoms with van der Waals surface area (Å²) in [5.74, 6) is -0.0573. The van der Waals surface area contributed by atoms with Crippen LogP contribution in [0.1, 0.15) is 19.4 Å². The van der Waals surface area contributed by atoms with E-state index in [0.717, 1.165) is 5.56 Å². The number of nitrogens with one attached hydrogen (secondary N) is 3. The van der Waals surface area contributed by atoms with Crippen LogP contribution in [0.5, 0.6) is 5.75 Å². The molecule has 2 aromatic rings. The van der Waals surface area contributed by atoms with Gasteiger partial charge in [0.2, 0.25) is 5.91 Å². The van der Waals surface area contributed by atoms with Gasteiger partial charge in [-0.05, 0) is 29.8 Å². The first kappa shape index (κ1) is 20.2. The number of urea groups is 1. The Balaban J connectivity index is 1.77. The Labute approximate surface area is 158 Å². The minimum Gasteiger partial charge on any atom is -0.489 e. The third-order valence-electron chi connectivity index (χ3n) is 3.62. The largest absolute Gasteiger partial charge is 0.489 e. The molecule has 0 atom stereocenters. The zero-order valence-electron chi connectivity index (χ0n) is 15.4. The molecule has 0 unspecified atom stereocenters. The Morgan fingerprint density at radius 3 is 2.52 bits per heavy atom. The molecule has 2 rings (SSSR count). The highest BCUT2D eigenvalue weighted by molar-refractivity contribution is 5.89. The van der Waals surface area contributed by atoms with Gasteiger partial charge in [0.05, 0.1) is 0 Å². The van der Waals surface area contributed by atoms with Crippen LogP contribution < -0.4 is 20.7 Å². The Morgan fingerprint density at radius 2 is 1.78 bits per heavy atom. The van der Waals surface area contributed by atoms with E-state index in [1.807, 2.05) is 6.07 Å². The molecule has 3 N–H and O–H groups in total. The first-order valence-corrected chi connectivity index (χ1v) is 8.74. The molecular formula is C20H24FN3O3. The van der Waals surface area contributed by atoms with Gasteiger partial charge < -0.3 is 20.7 Å². The van der Waals surface area contributed by atoms with Gasteiger partial charge in [0, 0.05) is 30.8 Å². The molecule has 0 aliphatic carbocycles. The lowest BCUT2D eigenvalue weighted by molar-refractivity contribution is -0.123. The van der Waals surface area contributed by atoms with Gasteiger partial charge in [-0.1, -0.05) is 32.0 Å². The number of halogens is 1. The van der Waals surface area contributed by atoms with Crippen molar-refractivity contribution in [3.63, 3.8) is 0 Å². The third kappa shape index (κ3) is 7.35. The summed E-state index contributed by atoms with van der Waals surface area (Å²) >= 11 is 0. The Morgan fingerprint density at radius 1 is 1.04 bits per heavy atom. The highest BCUT2D eigenvalue weighted by Gasteiger charge is 2.06. The fraction of sp³-hybridized carbons (Fsp3) is 0.300. The molecule has 0 heterocycles. The topological polar surface area (TPSA) is 79.5 Å². The molecule has 0 fully saturated rings. The number of benzene rings is 2. The Hall–Kier alpha value is -3.09. The first-order chi connectivity index (χ1) is 12.9. The summed E-state index contributed by atoms with van der Waals surface area (Å²) in [7, 11) is 0. The van der Waals surface area contributed by atoms with E-state index in [2.05, 4.69) is 16.0 Å². The van der Waals surface area contributed by atoms with Gasteiger partial charge in [0.25, 0.3) is 0 Å². The van der Waals surface area contributed by atoms with E-state index in [0.29, 0.717) is 24.5 Å². The van der Waals surface area contributed by atoms with E-state index in [-0.39, 0.29) is 30.3 Å². The van der Waals surface area contributed by atoms with Crippen molar-refractivity contribution >= 4 is 17.6 Å². The maximum atomic E-state index is 13.2. The van der Waals surface area contributed by atoms with Crippen molar-refractivity contribution in [2.45, 2.75) is 20.5 Å². The van der Waals surface area contributed by atoms with E-state index in [1.165, 1.54) is 12.1 Å². The quantitative estimate of drug-likeness (QED) is 0.621. The molecule has 3 amide bonds. The fourth-order valence-electron chi connectivity index (χ4n) is 2.20.